The van der Waals surface area contributed by atoms with E-state index in [0.717, 1.165) is 27.9 Å². The molecule has 0 bridgehead atoms. The van der Waals surface area contributed by atoms with Crippen LogP contribution in [0.4, 0.5) is 0 Å². The third-order valence-corrected chi connectivity index (χ3v) is 4.13. The van der Waals surface area contributed by atoms with Crippen molar-refractivity contribution in [2.24, 2.45) is 7.05 Å². The minimum Gasteiger partial charge on any atom is -0.497 e. The van der Waals surface area contributed by atoms with Crippen LogP contribution < -0.4 is 4.74 Å². The molecule has 0 spiro atoms. The molecular formula is C19H19NO3. The number of hydrogen-bond acceptors (Lipinski definition) is 3. The van der Waals surface area contributed by atoms with E-state index < -0.39 is 0 Å². The molecule has 3 rings (SSSR count). The van der Waals surface area contributed by atoms with E-state index in [4.69, 9.17) is 9.47 Å². The van der Waals surface area contributed by atoms with E-state index in [9.17, 15) is 4.79 Å². The third kappa shape index (κ3) is 2.68. The predicted octanol–water partition coefficient (Wildman–Crippen LogP) is 3.56. The molecule has 0 unspecified atom stereocenters. The number of fused-ring (bicyclic) bond motifs is 1. The van der Waals surface area contributed by atoms with Crippen molar-refractivity contribution < 1.29 is 14.3 Å². The van der Waals surface area contributed by atoms with Crippen molar-refractivity contribution in [1.29, 1.82) is 0 Å². The van der Waals surface area contributed by atoms with Crippen LogP contribution in [0.1, 0.15) is 21.6 Å². The third-order valence-electron chi connectivity index (χ3n) is 4.13. The van der Waals surface area contributed by atoms with Gasteiger partial charge < -0.3 is 14.0 Å². The zero-order chi connectivity index (χ0) is 16.4. The number of aryl methyl sites for hydroxylation is 1. The number of aromatic nitrogens is 1. The van der Waals surface area contributed by atoms with Gasteiger partial charge in [0, 0.05) is 30.1 Å². The van der Waals surface area contributed by atoms with Gasteiger partial charge >= 0.3 is 5.97 Å². The summed E-state index contributed by atoms with van der Waals surface area (Å²) in [5.74, 6) is 0.397. The maximum Gasteiger partial charge on any atom is 0.340 e. The smallest absolute Gasteiger partial charge is 0.340 e. The van der Waals surface area contributed by atoms with E-state index >= 15 is 0 Å². The van der Waals surface area contributed by atoms with Crippen molar-refractivity contribution in [3.05, 3.63) is 65.4 Å². The van der Waals surface area contributed by atoms with Gasteiger partial charge in [0.15, 0.2) is 0 Å². The Bertz CT molecular complexity index is 850. The summed E-state index contributed by atoms with van der Waals surface area (Å²) in [7, 11) is 5.00. The average Bonchev–Trinajstić information content (AvgIpc) is 2.87. The fraction of sp³-hybridized carbons (Fsp3) is 0.211. The summed E-state index contributed by atoms with van der Waals surface area (Å²) in [6.45, 7) is 0. The molecule has 0 radical (unpaired) electrons. The lowest BCUT2D eigenvalue weighted by Gasteiger charge is -2.07. The maximum absolute atomic E-state index is 12.4. The summed E-state index contributed by atoms with van der Waals surface area (Å²) < 4.78 is 12.4. The first-order valence-corrected chi connectivity index (χ1v) is 7.43. The van der Waals surface area contributed by atoms with Gasteiger partial charge in [0.2, 0.25) is 0 Å². The number of rotatable bonds is 4. The molecule has 0 aliphatic heterocycles. The van der Waals surface area contributed by atoms with Gasteiger partial charge in [-0.3, -0.25) is 0 Å². The number of hydrogen-bond donors (Lipinski definition) is 0. The quantitative estimate of drug-likeness (QED) is 0.692. The van der Waals surface area contributed by atoms with E-state index in [0.29, 0.717) is 12.0 Å². The molecule has 4 heteroatoms. The Balaban J connectivity index is 2.22. The Morgan fingerprint density at radius 2 is 1.83 bits per heavy atom. The van der Waals surface area contributed by atoms with Crippen molar-refractivity contribution in [2.75, 3.05) is 14.2 Å². The summed E-state index contributed by atoms with van der Waals surface area (Å²) in [6.07, 6.45) is 0.665. The molecule has 118 valence electrons. The number of methoxy groups -OCH3 is 2. The minimum absolute atomic E-state index is 0.324. The zero-order valence-corrected chi connectivity index (χ0v) is 13.5. The molecule has 0 aliphatic carbocycles. The van der Waals surface area contributed by atoms with E-state index in [1.165, 1.54) is 7.11 Å². The van der Waals surface area contributed by atoms with Crippen LogP contribution in [0, 0.1) is 0 Å². The fourth-order valence-electron chi connectivity index (χ4n) is 2.93. The summed E-state index contributed by atoms with van der Waals surface area (Å²) in [5, 5.41) is 0.852. The molecule has 0 fully saturated rings. The van der Waals surface area contributed by atoms with E-state index in [1.807, 2.05) is 48.0 Å². The normalized spacial score (nSPS) is 10.7. The molecule has 1 aromatic heterocycles. The van der Waals surface area contributed by atoms with Crippen LogP contribution in [0.3, 0.4) is 0 Å². The summed E-state index contributed by atoms with van der Waals surface area (Å²) in [5.41, 5.74) is 3.67. The van der Waals surface area contributed by atoms with Crippen molar-refractivity contribution in [1.82, 2.24) is 4.57 Å². The molecule has 1 heterocycles. The highest BCUT2D eigenvalue weighted by atomic mass is 16.5. The standard InChI is InChI=1S/C19H19NO3/c1-20-16-10-9-14(22-2)12-15(16)18(19(21)23-3)17(20)11-13-7-5-4-6-8-13/h4-10,12H,11H2,1-3H3. The van der Waals surface area contributed by atoms with Gasteiger partial charge in [0.1, 0.15) is 5.75 Å². The highest BCUT2D eigenvalue weighted by molar-refractivity contribution is 6.06. The van der Waals surface area contributed by atoms with Gasteiger partial charge in [-0.2, -0.15) is 0 Å². The summed E-state index contributed by atoms with van der Waals surface area (Å²) in [4.78, 5) is 12.4. The molecule has 23 heavy (non-hydrogen) atoms. The lowest BCUT2D eigenvalue weighted by molar-refractivity contribution is 0.0601. The van der Waals surface area contributed by atoms with Gasteiger partial charge in [-0.1, -0.05) is 30.3 Å². The predicted molar refractivity (Wildman–Crippen MR) is 90.1 cm³/mol. The Morgan fingerprint density at radius 3 is 2.48 bits per heavy atom. The zero-order valence-electron chi connectivity index (χ0n) is 13.5. The Morgan fingerprint density at radius 1 is 1.09 bits per heavy atom. The van der Waals surface area contributed by atoms with Gasteiger partial charge in [-0.05, 0) is 23.8 Å². The number of carbonyl (C=O) groups is 1. The fourth-order valence-corrected chi connectivity index (χ4v) is 2.93. The molecule has 0 amide bonds. The SMILES string of the molecule is COC(=O)c1c(Cc2ccccc2)n(C)c2ccc(OC)cc12. The molecule has 0 saturated carbocycles. The van der Waals surface area contributed by atoms with Crippen LogP contribution in [0.2, 0.25) is 0 Å². The van der Waals surface area contributed by atoms with E-state index in [1.54, 1.807) is 7.11 Å². The second-order valence-corrected chi connectivity index (χ2v) is 5.42. The Hall–Kier alpha value is -2.75. The van der Waals surface area contributed by atoms with E-state index in [-0.39, 0.29) is 5.97 Å². The number of carbonyl (C=O) groups excluding carboxylic acids is 1. The Kier molecular flexibility index (Phi) is 4.06. The van der Waals surface area contributed by atoms with Crippen molar-refractivity contribution in [2.45, 2.75) is 6.42 Å². The topological polar surface area (TPSA) is 40.5 Å². The maximum atomic E-state index is 12.4. The van der Waals surface area contributed by atoms with Crippen LogP contribution in [0.5, 0.6) is 5.75 Å². The first kappa shape index (κ1) is 15.2. The first-order chi connectivity index (χ1) is 11.2. The minimum atomic E-state index is -0.324. The lowest BCUT2D eigenvalue weighted by atomic mass is 10.0. The Labute approximate surface area is 135 Å². The molecule has 0 atom stereocenters. The van der Waals surface area contributed by atoms with Gasteiger partial charge in [0.05, 0.1) is 19.8 Å². The second-order valence-electron chi connectivity index (χ2n) is 5.42. The van der Waals surface area contributed by atoms with Crippen LogP contribution in [-0.2, 0) is 18.2 Å². The molecule has 2 aromatic carbocycles. The first-order valence-electron chi connectivity index (χ1n) is 7.43. The largest absolute Gasteiger partial charge is 0.497 e. The van der Waals surface area contributed by atoms with Gasteiger partial charge in [0.25, 0.3) is 0 Å². The monoisotopic (exact) mass is 309 g/mol. The summed E-state index contributed by atoms with van der Waals surface area (Å²) in [6, 6.07) is 15.8. The molecule has 0 saturated heterocycles. The molecule has 3 aromatic rings. The van der Waals surface area contributed by atoms with Crippen molar-refractivity contribution in [3.63, 3.8) is 0 Å². The number of esters is 1. The second kappa shape index (κ2) is 6.16. The van der Waals surface area contributed by atoms with Gasteiger partial charge in [-0.25, -0.2) is 4.79 Å². The van der Waals surface area contributed by atoms with Crippen molar-refractivity contribution in [3.8, 4) is 5.75 Å². The van der Waals surface area contributed by atoms with Crippen LogP contribution >= 0.6 is 0 Å². The molecule has 0 N–H and O–H groups in total. The molecule has 4 nitrogen and oxygen atoms in total. The molecular weight excluding hydrogens is 290 g/mol. The van der Waals surface area contributed by atoms with Crippen LogP contribution in [-0.4, -0.2) is 24.8 Å². The summed E-state index contributed by atoms with van der Waals surface area (Å²) >= 11 is 0. The lowest BCUT2D eigenvalue weighted by Crippen LogP contribution is -2.07. The van der Waals surface area contributed by atoms with E-state index in [2.05, 4.69) is 12.1 Å². The van der Waals surface area contributed by atoms with Gasteiger partial charge in [-0.15, -0.1) is 0 Å². The average molecular weight is 309 g/mol. The molecule has 0 aliphatic rings. The highest BCUT2D eigenvalue weighted by Crippen LogP contribution is 2.30. The number of benzene rings is 2. The highest BCUT2D eigenvalue weighted by Gasteiger charge is 2.22. The van der Waals surface area contributed by atoms with Crippen LogP contribution in [0.15, 0.2) is 48.5 Å². The number of ether oxygens (including phenoxy) is 2. The number of nitrogens with zero attached hydrogens (tertiary/aromatic N) is 1. The van der Waals surface area contributed by atoms with Crippen molar-refractivity contribution >= 4 is 16.9 Å². The van der Waals surface area contributed by atoms with Crippen LogP contribution in [0.25, 0.3) is 10.9 Å².